The maximum atomic E-state index is 13.1. The first kappa shape index (κ1) is 26.8. The summed E-state index contributed by atoms with van der Waals surface area (Å²) in [5.41, 5.74) is 2.77. The van der Waals surface area contributed by atoms with Crippen molar-refractivity contribution in [3.63, 3.8) is 0 Å². The largest absolute Gasteiger partial charge is 0.493 e. The lowest BCUT2D eigenvalue weighted by molar-refractivity contribution is -0.118. The minimum atomic E-state index is -0.278. The van der Waals surface area contributed by atoms with Gasteiger partial charge in [0.15, 0.2) is 18.1 Å². The summed E-state index contributed by atoms with van der Waals surface area (Å²) in [6.45, 7) is 3.67. The Hall–Kier alpha value is -3.25. The van der Waals surface area contributed by atoms with Crippen LogP contribution in [-0.2, 0) is 11.2 Å². The van der Waals surface area contributed by atoms with Gasteiger partial charge in [-0.25, -0.2) is 4.98 Å². The highest BCUT2D eigenvalue weighted by molar-refractivity contribution is 14.1. The quantitative estimate of drug-likeness (QED) is 0.196. The van der Waals surface area contributed by atoms with Gasteiger partial charge in [-0.15, -0.1) is 0 Å². The summed E-state index contributed by atoms with van der Waals surface area (Å²) in [5.74, 6) is 1.17. The zero-order valence-corrected chi connectivity index (χ0v) is 24.2. The van der Waals surface area contributed by atoms with E-state index in [9.17, 15) is 9.59 Å². The number of amides is 1. The molecule has 0 bridgehead atoms. The lowest BCUT2D eigenvalue weighted by Crippen LogP contribution is -2.22. The average Bonchev–Trinajstić information content (AvgIpc) is 2.88. The molecule has 0 spiro atoms. The molecule has 0 aliphatic carbocycles. The Morgan fingerprint density at radius 3 is 2.73 bits per heavy atom. The minimum absolute atomic E-state index is 0.179. The third kappa shape index (κ3) is 6.19. The summed E-state index contributed by atoms with van der Waals surface area (Å²) < 4.78 is 14.2. The Morgan fingerprint density at radius 2 is 2.00 bits per heavy atom. The molecule has 1 amide bonds. The summed E-state index contributed by atoms with van der Waals surface area (Å²) >= 11 is 5.52. The van der Waals surface area contributed by atoms with E-state index in [-0.39, 0.29) is 18.1 Å². The number of aryl methyl sites for hydroxylation is 2. The average molecular weight is 675 g/mol. The summed E-state index contributed by atoms with van der Waals surface area (Å²) in [4.78, 5) is 30.2. The number of hydrogen-bond acceptors (Lipinski definition) is 6. The highest BCUT2D eigenvalue weighted by Gasteiger charge is 2.15. The van der Waals surface area contributed by atoms with Crippen LogP contribution < -0.4 is 20.3 Å². The lowest BCUT2D eigenvalue weighted by Gasteiger charge is -2.14. The molecule has 0 unspecified atom stereocenters. The van der Waals surface area contributed by atoms with Gasteiger partial charge in [0, 0.05) is 16.6 Å². The number of rotatable bonds is 8. The van der Waals surface area contributed by atoms with Crippen LogP contribution in [-0.4, -0.2) is 35.5 Å². The first-order chi connectivity index (χ1) is 17.8. The first-order valence-corrected chi connectivity index (χ1v) is 13.3. The molecule has 4 aromatic rings. The molecule has 1 heterocycles. The lowest BCUT2D eigenvalue weighted by atomic mass is 10.2. The monoisotopic (exact) mass is 674 g/mol. The standard InChI is InChI=1S/C27H24BrIN4O4/c1-4-24-31-22-10-9-18(28)13-19(22)27(35)33(24)30-14-17-11-20(29)26(23(12-17)36-3)37-15-25(34)32-21-8-6-5-7-16(21)2/h5-14H,4,15H2,1-3H3,(H,32,34). The van der Waals surface area contributed by atoms with E-state index in [2.05, 4.69) is 53.9 Å². The molecule has 8 nitrogen and oxygen atoms in total. The molecule has 3 aromatic carbocycles. The molecule has 37 heavy (non-hydrogen) atoms. The zero-order valence-electron chi connectivity index (χ0n) is 20.4. The molecule has 4 rings (SSSR count). The van der Waals surface area contributed by atoms with Gasteiger partial charge in [-0.05, 0) is 77.0 Å². The maximum Gasteiger partial charge on any atom is 0.282 e. The number of fused-ring (bicyclic) bond motifs is 1. The molecular weight excluding hydrogens is 651 g/mol. The molecule has 0 fully saturated rings. The fraction of sp³-hybridized carbons (Fsp3) is 0.185. The zero-order chi connectivity index (χ0) is 26.5. The SMILES string of the molecule is CCc1nc2ccc(Br)cc2c(=O)n1N=Cc1cc(I)c(OCC(=O)Nc2ccccc2C)c(OC)c1. The van der Waals surface area contributed by atoms with E-state index in [4.69, 9.17) is 9.47 Å². The second kappa shape index (κ2) is 11.9. The number of hydrogen-bond donors (Lipinski definition) is 1. The van der Waals surface area contributed by atoms with Crippen molar-refractivity contribution in [3.8, 4) is 11.5 Å². The third-order valence-electron chi connectivity index (χ3n) is 5.53. The Kier molecular flexibility index (Phi) is 8.59. The molecule has 0 saturated heterocycles. The molecule has 0 aliphatic heterocycles. The molecule has 1 aromatic heterocycles. The Balaban J connectivity index is 1.57. The van der Waals surface area contributed by atoms with Crippen LogP contribution in [0.2, 0.25) is 0 Å². The summed E-state index contributed by atoms with van der Waals surface area (Å²) in [5, 5.41) is 7.76. The number of carbonyl (C=O) groups excluding carboxylic acids is 1. The van der Waals surface area contributed by atoms with E-state index >= 15 is 0 Å². The van der Waals surface area contributed by atoms with Crippen LogP contribution in [0.3, 0.4) is 0 Å². The van der Waals surface area contributed by atoms with Crippen LogP contribution in [0.1, 0.15) is 23.9 Å². The molecule has 0 radical (unpaired) electrons. The number of carbonyl (C=O) groups is 1. The van der Waals surface area contributed by atoms with Crippen molar-refractivity contribution in [2.75, 3.05) is 19.0 Å². The van der Waals surface area contributed by atoms with Crippen LogP contribution in [0.4, 0.5) is 5.69 Å². The van der Waals surface area contributed by atoms with Crippen molar-refractivity contribution in [3.05, 3.63) is 89.9 Å². The van der Waals surface area contributed by atoms with Crippen molar-refractivity contribution in [2.45, 2.75) is 20.3 Å². The molecule has 1 N–H and O–H groups in total. The van der Waals surface area contributed by atoms with E-state index in [0.29, 0.717) is 40.2 Å². The number of methoxy groups -OCH3 is 1. The van der Waals surface area contributed by atoms with Gasteiger partial charge in [-0.3, -0.25) is 9.59 Å². The van der Waals surface area contributed by atoms with E-state index in [1.807, 2.05) is 50.2 Å². The van der Waals surface area contributed by atoms with Crippen LogP contribution in [0.25, 0.3) is 10.9 Å². The smallest absolute Gasteiger partial charge is 0.282 e. The predicted molar refractivity (Wildman–Crippen MR) is 157 cm³/mol. The molecule has 0 saturated carbocycles. The van der Waals surface area contributed by atoms with Gasteiger partial charge in [0.05, 0.1) is 27.8 Å². The fourth-order valence-electron chi connectivity index (χ4n) is 3.66. The number of para-hydroxylation sites is 1. The highest BCUT2D eigenvalue weighted by atomic mass is 127. The topological polar surface area (TPSA) is 94.8 Å². The number of ether oxygens (including phenoxy) is 2. The van der Waals surface area contributed by atoms with E-state index in [0.717, 1.165) is 19.3 Å². The summed E-state index contributed by atoms with van der Waals surface area (Å²) in [6, 6.07) is 16.5. The molecule has 0 aliphatic rings. The number of aromatic nitrogens is 2. The maximum absolute atomic E-state index is 13.1. The van der Waals surface area contributed by atoms with Crippen LogP contribution >= 0.6 is 38.5 Å². The van der Waals surface area contributed by atoms with Crippen molar-refractivity contribution in [1.29, 1.82) is 0 Å². The van der Waals surface area contributed by atoms with Gasteiger partial charge in [-0.1, -0.05) is 41.1 Å². The molecule has 10 heteroatoms. The molecule has 0 atom stereocenters. The third-order valence-corrected chi connectivity index (χ3v) is 6.83. The van der Waals surface area contributed by atoms with Crippen molar-refractivity contribution >= 4 is 67.2 Å². The summed E-state index contributed by atoms with van der Waals surface area (Å²) in [7, 11) is 1.53. The number of nitrogens with one attached hydrogen (secondary N) is 1. The van der Waals surface area contributed by atoms with Crippen molar-refractivity contribution in [2.24, 2.45) is 5.10 Å². The van der Waals surface area contributed by atoms with Crippen LogP contribution in [0, 0.1) is 10.5 Å². The fourth-order valence-corrected chi connectivity index (χ4v) is 4.80. The van der Waals surface area contributed by atoms with Gasteiger partial charge >= 0.3 is 0 Å². The van der Waals surface area contributed by atoms with Gasteiger partial charge in [0.1, 0.15) is 5.82 Å². The minimum Gasteiger partial charge on any atom is -0.493 e. The van der Waals surface area contributed by atoms with Crippen molar-refractivity contribution < 1.29 is 14.3 Å². The van der Waals surface area contributed by atoms with Crippen LogP contribution in [0.5, 0.6) is 11.5 Å². The normalized spacial score (nSPS) is 11.2. The van der Waals surface area contributed by atoms with Crippen LogP contribution in [0.15, 0.2) is 69.0 Å². The number of benzene rings is 3. The highest BCUT2D eigenvalue weighted by Crippen LogP contribution is 2.33. The van der Waals surface area contributed by atoms with Gasteiger partial charge < -0.3 is 14.8 Å². The second-order valence-corrected chi connectivity index (χ2v) is 10.2. The second-order valence-electron chi connectivity index (χ2n) is 8.09. The Bertz CT molecular complexity index is 1570. The summed E-state index contributed by atoms with van der Waals surface area (Å²) in [6.07, 6.45) is 2.11. The van der Waals surface area contributed by atoms with Gasteiger partial charge in [-0.2, -0.15) is 9.78 Å². The number of anilines is 1. The Labute approximate surface area is 236 Å². The first-order valence-electron chi connectivity index (χ1n) is 11.4. The Morgan fingerprint density at radius 1 is 1.22 bits per heavy atom. The van der Waals surface area contributed by atoms with Crippen molar-refractivity contribution in [1.82, 2.24) is 9.66 Å². The molecular formula is C27H24BrIN4O4. The van der Waals surface area contributed by atoms with E-state index < -0.39 is 0 Å². The van der Waals surface area contributed by atoms with E-state index in [1.54, 1.807) is 24.4 Å². The predicted octanol–water partition coefficient (Wildman–Crippen LogP) is 5.54. The number of nitrogens with zero attached hydrogens (tertiary/aromatic N) is 3. The van der Waals surface area contributed by atoms with E-state index in [1.165, 1.54) is 11.8 Å². The number of halogens is 2. The van der Waals surface area contributed by atoms with Gasteiger partial charge in [0.2, 0.25) is 0 Å². The van der Waals surface area contributed by atoms with Gasteiger partial charge in [0.25, 0.3) is 11.5 Å². The molecule has 190 valence electrons.